The molecule has 0 aliphatic carbocycles. The summed E-state index contributed by atoms with van der Waals surface area (Å²) in [4.78, 5) is 6.70. The predicted octanol–water partition coefficient (Wildman–Crippen LogP) is 3.79. The largest absolute Gasteiger partial charge is 0.460 e. The molecule has 0 radical (unpaired) electrons. The molecule has 1 N–H and O–H groups in total. The minimum atomic E-state index is -0.425. The van der Waals surface area contributed by atoms with Gasteiger partial charge in [0.2, 0.25) is 11.7 Å². The predicted molar refractivity (Wildman–Crippen MR) is 99.7 cm³/mol. The first-order chi connectivity index (χ1) is 13.3. The Bertz CT molecular complexity index is 1020. The molecule has 6 nitrogen and oxygen atoms in total. The summed E-state index contributed by atoms with van der Waals surface area (Å²) in [7, 11) is 0. The zero-order valence-corrected chi connectivity index (χ0v) is 14.7. The van der Waals surface area contributed by atoms with Gasteiger partial charge >= 0.3 is 0 Å². The van der Waals surface area contributed by atoms with Gasteiger partial charge in [-0.3, -0.25) is 4.90 Å². The highest BCUT2D eigenvalue weighted by atomic mass is 16.5. The number of furan rings is 1. The maximum atomic E-state index is 10.2. The van der Waals surface area contributed by atoms with Crippen molar-refractivity contribution in [2.45, 2.75) is 25.1 Å². The van der Waals surface area contributed by atoms with Gasteiger partial charge in [-0.05, 0) is 18.6 Å². The van der Waals surface area contributed by atoms with Crippen molar-refractivity contribution in [2.24, 2.45) is 0 Å². The number of benzene rings is 2. The average Bonchev–Trinajstić information content (AvgIpc) is 3.40. The summed E-state index contributed by atoms with van der Waals surface area (Å²) in [5.41, 5.74) is 1.78. The maximum Gasteiger partial charge on any atom is 0.244 e. The van der Waals surface area contributed by atoms with Crippen LogP contribution in [0, 0.1) is 0 Å². The molecule has 0 unspecified atom stereocenters. The summed E-state index contributed by atoms with van der Waals surface area (Å²) in [6.07, 6.45) is 0.142. The molecule has 1 saturated heterocycles. The van der Waals surface area contributed by atoms with Crippen molar-refractivity contribution >= 4 is 11.0 Å². The number of nitrogens with zero attached hydrogens (tertiary/aromatic N) is 3. The molecule has 1 aliphatic heterocycles. The van der Waals surface area contributed by atoms with Gasteiger partial charge in [-0.2, -0.15) is 4.98 Å². The van der Waals surface area contributed by atoms with Crippen LogP contribution in [0.2, 0.25) is 0 Å². The molecule has 27 heavy (non-hydrogen) atoms. The summed E-state index contributed by atoms with van der Waals surface area (Å²) in [6.45, 7) is 1.13. The fourth-order valence-corrected chi connectivity index (χ4v) is 3.70. The highest BCUT2D eigenvalue weighted by Gasteiger charge is 2.36. The van der Waals surface area contributed by atoms with Crippen molar-refractivity contribution in [3.05, 3.63) is 72.3 Å². The molecule has 136 valence electrons. The molecule has 2 atom stereocenters. The Morgan fingerprint density at radius 3 is 2.74 bits per heavy atom. The van der Waals surface area contributed by atoms with Gasteiger partial charge in [0.1, 0.15) is 11.3 Å². The van der Waals surface area contributed by atoms with Crippen LogP contribution in [0.4, 0.5) is 0 Å². The van der Waals surface area contributed by atoms with E-state index >= 15 is 0 Å². The number of rotatable bonds is 4. The fourth-order valence-electron chi connectivity index (χ4n) is 3.70. The third-order valence-corrected chi connectivity index (χ3v) is 4.98. The normalized spacial score (nSPS) is 20.5. The first-order valence-corrected chi connectivity index (χ1v) is 9.05. The lowest BCUT2D eigenvalue weighted by Crippen LogP contribution is -2.24. The molecule has 6 heteroatoms. The number of aliphatic hydroxyl groups is 1. The Morgan fingerprint density at radius 2 is 1.89 bits per heavy atom. The van der Waals surface area contributed by atoms with Crippen LogP contribution in [-0.2, 0) is 6.54 Å². The van der Waals surface area contributed by atoms with E-state index in [1.165, 1.54) is 0 Å². The summed E-state index contributed by atoms with van der Waals surface area (Å²) >= 11 is 0. The lowest BCUT2D eigenvalue weighted by Gasteiger charge is -2.19. The number of hydrogen-bond donors (Lipinski definition) is 1. The van der Waals surface area contributed by atoms with Crippen molar-refractivity contribution in [2.75, 3.05) is 6.54 Å². The Hall–Kier alpha value is -2.96. The standard InChI is InChI=1S/C21H19N3O3/c25-16-11-18(21-22-20(23-27-21)14-6-2-1-3-7-14)24(12-16)13-17-10-15-8-4-5-9-19(15)26-17/h1-10,16,18,25H,11-13H2/t16-,18-/m1/s1. The number of aliphatic hydroxyl groups excluding tert-OH is 1. The lowest BCUT2D eigenvalue weighted by atomic mass is 10.2. The number of para-hydroxylation sites is 1. The lowest BCUT2D eigenvalue weighted by molar-refractivity contribution is 0.164. The molecule has 1 aliphatic rings. The van der Waals surface area contributed by atoms with Crippen LogP contribution >= 0.6 is 0 Å². The molecule has 4 aromatic rings. The Labute approximate surface area is 156 Å². The molecule has 3 heterocycles. The molecule has 0 amide bonds. The van der Waals surface area contributed by atoms with E-state index < -0.39 is 6.10 Å². The zero-order valence-electron chi connectivity index (χ0n) is 14.7. The van der Waals surface area contributed by atoms with Crippen molar-refractivity contribution in [3.8, 4) is 11.4 Å². The van der Waals surface area contributed by atoms with Gasteiger partial charge < -0.3 is 14.0 Å². The van der Waals surface area contributed by atoms with E-state index in [0.29, 0.717) is 31.2 Å². The SMILES string of the molecule is O[C@@H]1C[C@H](c2nc(-c3ccccc3)no2)N(Cc2cc3ccccc3o2)C1. The Kier molecular flexibility index (Phi) is 3.99. The summed E-state index contributed by atoms with van der Waals surface area (Å²) < 4.78 is 11.5. The Morgan fingerprint density at radius 1 is 1.07 bits per heavy atom. The number of fused-ring (bicyclic) bond motifs is 1. The van der Waals surface area contributed by atoms with Crippen molar-refractivity contribution in [1.82, 2.24) is 15.0 Å². The minimum absolute atomic E-state index is 0.127. The van der Waals surface area contributed by atoms with Gasteiger partial charge in [-0.15, -0.1) is 0 Å². The summed E-state index contributed by atoms with van der Waals surface area (Å²) in [5.74, 6) is 1.95. The van der Waals surface area contributed by atoms with Gasteiger partial charge in [-0.1, -0.05) is 53.7 Å². The number of likely N-dealkylation sites (tertiary alicyclic amines) is 1. The van der Waals surface area contributed by atoms with Gasteiger partial charge in [0.05, 0.1) is 18.7 Å². The van der Waals surface area contributed by atoms with Crippen LogP contribution in [0.3, 0.4) is 0 Å². The average molecular weight is 361 g/mol. The van der Waals surface area contributed by atoms with Crippen LogP contribution in [0.25, 0.3) is 22.4 Å². The van der Waals surface area contributed by atoms with Crippen LogP contribution in [-0.4, -0.2) is 32.8 Å². The zero-order chi connectivity index (χ0) is 18.2. The van der Waals surface area contributed by atoms with E-state index in [-0.39, 0.29) is 6.04 Å². The Balaban J connectivity index is 1.40. The maximum absolute atomic E-state index is 10.2. The third-order valence-electron chi connectivity index (χ3n) is 4.98. The number of hydrogen-bond acceptors (Lipinski definition) is 6. The topological polar surface area (TPSA) is 75.5 Å². The molecule has 5 rings (SSSR count). The number of β-amino-alcohol motifs (C(OH)–C–C–N with tert-alkyl or cyclic N) is 1. The van der Waals surface area contributed by atoms with Crippen LogP contribution in [0.5, 0.6) is 0 Å². The van der Waals surface area contributed by atoms with Crippen LogP contribution < -0.4 is 0 Å². The van der Waals surface area contributed by atoms with E-state index in [1.54, 1.807) is 0 Å². The molecule has 0 spiro atoms. The highest BCUT2D eigenvalue weighted by Crippen LogP contribution is 2.34. The molecule has 0 bridgehead atoms. The molecule has 2 aromatic carbocycles. The van der Waals surface area contributed by atoms with E-state index in [1.807, 2.05) is 60.7 Å². The smallest absolute Gasteiger partial charge is 0.244 e. The molecule has 0 saturated carbocycles. The van der Waals surface area contributed by atoms with Crippen molar-refractivity contribution < 1.29 is 14.0 Å². The van der Waals surface area contributed by atoms with Gasteiger partial charge in [0, 0.05) is 17.5 Å². The van der Waals surface area contributed by atoms with Crippen LogP contribution in [0.1, 0.15) is 24.1 Å². The number of aromatic nitrogens is 2. The van der Waals surface area contributed by atoms with Crippen molar-refractivity contribution in [3.63, 3.8) is 0 Å². The van der Waals surface area contributed by atoms with Gasteiger partial charge in [0.15, 0.2) is 0 Å². The molecule has 2 aromatic heterocycles. The molecular weight excluding hydrogens is 342 g/mol. The summed E-state index contributed by atoms with van der Waals surface area (Å²) in [6, 6.07) is 19.6. The minimum Gasteiger partial charge on any atom is -0.460 e. The first kappa shape index (κ1) is 16.2. The van der Waals surface area contributed by atoms with Crippen LogP contribution in [0.15, 0.2) is 69.6 Å². The summed E-state index contributed by atoms with van der Waals surface area (Å²) in [5, 5.41) is 15.4. The highest BCUT2D eigenvalue weighted by molar-refractivity contribution is 5.77. The molecule has 1 fully saturated rings. The quantitative estimate of drug-likeness (QED) is 0.596. The fraction of sp³-hybridized carbons (Fsp3) is 0.238. The van der Waals surface area contributed by atoms with Crippen molar-refractivity contribution in [1.29, 1.82) is 0 Å². The first-order valence-electron chi connectivity index (χ1n) is 9.05. The monoisotopic (exact) mass is 361 g/mol. The van der Waals surface area contributed by atoms with E-state index in [9.17, 15) is 5.11 Å². The van der Waals surface area contributed by atoms with Gasteiger partial charge in [-0.25, -0.2) is 0 Å². The molecular formula is C21H19N3O3. The van der Waals surface area contributed by atoms with E-state index in [4.69, 9.17) is 8.94 Å². The van der Waals surface area contributed by atoms with E-state index in [2.05, 4.69) is 15.0 Å². The van der Waals surface area contributed by atoms with Gasteiger partial charge in [0.25, 0.3) is 0 Å². The van der Waals surface area contributed by atoms with E-state index in [0.717, 1.165) is 22.3 Å². The third kappa shape index (κ3) is 3.13. The second-order valence-electron chi connectivity index (χ2n) is 6.91. The second kappa shape index (κ2) is 6.64. The second-order valence-corrected chi connectivity index (χ2v) is 6.91.